The number of aliphatic imine (C=N–C) groups is 1. The highest BCUT2D eigenvalue weighted by molar-refractivity contribution is 6.31. The van der Waals surface area contributed by atoms with Gasteiger partial charge >= 0.3 is 0 Å². The van der Waals surface area contributed by atoms with Crippen LogP contribution in [-0.2, 0) is 10.3 Å². The molecule has 0 heterocycles. The Labute approximate surface area is 117 Å². The van der Waals surface area contributed by atoms with Crippen molar-refractivity contribution in [2.75, 3.05) is 13.7 Å². The molecule has 102 valence electrons. The minimum absolute atomic E-state index is 0.491. The van der Waals surface area contributed by atoms with Gasteiger partial charge in [-0.2, -0.15) is 4.99 Å². The smallest absolute Gasteiger partial charge is 0.235 e. The van der Waals surface area contributed by atoms with Crippen LogP contribution < -0.4 is 9.47 Å². The highest BCUT2D eigenvalue weighted by atomic mass is 35.5. The predicted molar refractivity (Wildman–Crippen MR) is 72.8 cm³/mol. The van der Waals surface area contributed by atoms with E-state index in [2.05, 4.69) is 4.99 Å². The van der Waals surface area contributed by atoms with Gasteiger partial charge in [0.05, 0.1) is 18.7 Å². The van der Waals surface area contributed by atoms with Gasteiger partial charge in [-0.1, -0.05) is 11.6 Å². The molecule has 0 aromatic heterocycles. The first-order valence-corrected chi connectivity index (χ1v) is 6.65. The van der Waals surface area contributed by atoms with Crippen LogP contribution in [0.25, 0.3) is 0 Å². The molecule has 0 radical (unpaired) electrons. The summed E-state index contributed by atoms with van der Waals surface area (Å²) in [6, 6.07) is 3.51. The van der Waals surface area contributed by atoms with Gasteiger partial charge in [-0.25, -0.2) is 4.79 Å². The number of nitrogens with zero attached hydrogens (tertiary/aromatic N) is 1. The van der Waals surface area contributed by atoms with Crippen molar-refractivity contribution in [3.8, 4) is 11.5 Å². The van der Waals surface area contributed by atoms with Gasteiger partial charge in [-0.15, -0.1) is 0 Å². The number of carbonyl (C=O) groups excluding carboxylic acids is 1. The van der Waals surface area contributed by atoms with Crippen molar-refractivity contribution in [2.45, 2.75) is 31.7 Å². The summed E-state index contributed by atoms with van der Waals surface area (Å²) in [5.74, 6) is 1.19. The zero-order valence-electron chi connectivity index (χ0n) is 11.0. The molecule has 19 heavy (non-hydrogen) atoms. The highest BCUT2D eigenvalue weighted by Crippen LogP contribution is 2.53. The number of halogens is 1. The fourth-order valence-corrected chi connectivity index (χ4v) is 2.76. The van der Waals surface area contributed by atoms with Crippen molar-refractivity contribution < 1.29 is 14.3 Å². The number of benzene rings is 1. The molecular weight excluding hydrogens is 266 g/mol. The Balaban J connectivity index is 2.62. The SMILES string of the molecule is CCOc1c(OC)ccc(Cl)c1C1(N=C=O)CCC1. The summed E-state index contributed by atoms with van der Waals surface area (Å²) >= 11 is 6.30. The molecule has 0 spiro atoms. The van der Waals surface area contributed by atoms with E-state index >= 15 is 0 Å². The maximum absolute atomic E-state index is 10.7. The van der Waals surface area contributed by atoms with Crippen molar-refractivity contribution in [1.82, 2.24) is 0 Å². The van der Waals surface area contributed by atoms with E-state index < -0.39 is 5.54 Å². The summed E-state index contributed by atoms with van der Waals surface area (Å²) in [6.45, 7) is 2.38. The molecule has 0 bridgehead atoms. The first kappa shape index (κ1) is 13.9. The lowest BCUT2D eigenvalue weighted by atomic mass is 9.72. The second-order valence-corrected chi connectivity index (χ2v) is 4.88. The maximum atomic E-state index is 10.7. The lowest BCUT2D eigenvalue weighted by Crippen LogP contribution is -2.33. The molecule has 0 atom stereocenters. The molecule has 1 aromatic rings. The van der Waals surface area contributed by atoms with Gasteiger partial charge in [-0.3, -0.25) is 0 Å². The average Bonchev–Trinajstić information content (AvgIpc) is 2.36. The topological polar surface area (TPSA) is 47.9 Å². The molecule has 2 rings (SSSR count). The lowest BCUT2D eigenvalue weighted by molar-refractivity contribution is 0.235. The Kier molecular flexibility index (Phi) is 4.13. The van der Waals surface area contributed by atoms with Crippen LogP contribution in [0.5, 0.6) is 11.5 Å². The number of rotatable bonds is 5. The van der Waals surface area contributed by atoms with E-state index in [1.165, 1.54) is 0 Å². The van der Waals surface area contributed by atoms with Crippen LogP contribution in [0.4, 0.5) is 0 Å². The van der Waals surface area contributed by atoms with E-state index in [9.17, 15) is 4.79 Å². The third-order valence-corrected chi connectivity index (χ3v) is 3.80. The highest BCUT2D eigenvalue weighted by Gasteiger charge is 2.43. The number of methoxy groups -OCH3 is 1. The third kappa shape index (κ3) is 2.34. The first-order valence-electron chi connectivity index (χ1n) is 6.27. The molecule has 4 nitrogen and oxygen atoms in total. The zero-order chi connectivity index (χ0) is 13.9. The molecule has 0 N–H and O–H groups in total. The monoisotopic (exact) mass is 281 g/mol. The number of hydrogen-bond donors (Lipinski definition) is 0. The Morgan fingerprint density at radius 2 is 2.21 bits per heavy atom. The van der Waals surface area contributed by atoms with E-state index in [0.29, 0.717) is 23.1 Å². The van der Waals surface area contributed by atoms with Gasteiger partial charge in [-0.05, 0) is 38.3 Å². The standard InChI is InChI=1S/C14H16ClNO3/c1-3-19-13-11(18-2)6-5-10(15)12(13)14(16-9-17)7-4-8-14/h5-6H,3-4,7-8H2,1-2H3. The second kappa shape index (κ2) is 5.64. The quantitative estimate of drug-likeness (QED) is 0.613. The van der Waals surface area contributed by atoms with E-state index in [4.69, 9.17) is 21.1 Å². The van der Waals surface area contributed by atoms with Crippen LogP contribution >= 0.6 is 11.6 Å². The summed E-state index contributed by atoms with van der Waals surface area (Å²) < 4.78 is 11.0. The average molecular weight is 282 g/mol. The van der Waals surface area contributed by atoms with E-state index in [1.54, 1.807) is 25.3 Å². The Morgan fingerprint density at radius 3 is 2.68 bits per heavy atom. The molecule has 1 fully saturated rings. The minimum Gasteiger partial charge on any atom is -0.493 e. The summed E-state index contributed by atoms with van der Waals surface area (Å²) in [6.07, 6.45) is 4.21. The predicted octanol–water partition coefficient (Wildman–Crippen LogP) is 3.46. The molecule has 1 aliphatic carbocycles. The molecule has 1 aliphatic rings. The maximum Gasteiger partial charge on any atom is 0.235 e. The fourth-order valence-electron chi connectivity index (χ4n) is 2.44. The Bertz CT molecular complexity index is 520. The van der Waals surface area contributed by atoms with Gasteiger partial charge < -0.3 is 9.47 Å². The van der Waals surface area contributed by atoms with E-state index in [1.807, 2.05) is 6.92 Å². The van der Waals surface area contributed by atoms with Gasteiger partial charge in [0.15, 0.2) is 11.5 Å². The van der Waals surface area contributed by atoms with Crippen LogP contribution in [0.1, 0.15) is 31.7 Å². The number of isocyanates is 1. The molecular formula is C14H16ClNO3. The summed E-state index contributed by atoms with van der Waals surface area (Å²) in [5, 5.41) is 0.544. The lowest BCUT2D eigenvalue weighted by Gasteiger charge is -2.38. The molecule has 1 saturated carbocycles. The zero-order valence-corrected chi connectivity index (χ0v) is 11.8. The van der Waals surface area contributed by atoms with Crippen LogP contribution in [0.3, 0.4) is 0 Å². The second-order valence-electron chi connectivity index (χ2n) is 4.48. The normalized spacial score (nSPS) is 16.2. The van der Waals surface area contributed by atoms with E-state index in [0.717, 1.165) is 24.8 Å². The molecule has 1 aromatic carbocycles. The van der Waals surface area contributed by atoms with E-state index in [-0.39, 0.29) is 0 Å². The molecule has 0 aliphatic heterocycles. The molecule has 5 heteroatoms. The van der Waals surface area contributed by atoms with Gasteiger partial charge in [0.1, 0.15) is 5.54 Å². The van der Waals surface area contributed by atoms with Crippen molar-refractivity contribution in [2.24, 2.45) is 4.99 Å². The van der Waals surface area contributed by atoms with Crippen molar-refractivity contribution in [3.63, 3.8) is 0 Å². The van der Waals surface area contributed by atoms with Crippen LogP contribution in [0.15, 0.2) is 17.1 Å². The van der Waals surface area contributed by atoms with Crippen molar-refractivity contribution in [3.05, 3.63) is 22.7 Å². The number of hydrogen-bond acceptors (Lipinski definition) is 4. The third-order valence-electron chi connectivity index (χ3n) is 3.49. The summed E-state index contributed by atoms with van der Waals surface area (Å²) in [4.78, 5) is 14.7. The molecule has 0 saturated heterocycles. The first-order chi connectivity index (χ1) is 9.18. The van der Waals surface area contributed by atoms with Gasteiger partial charge in [0.2, 0.25) is 6.08 Å². The Morgan fingerprint density at radius 1 is 1.47 bits per heavy atom. The van der Waals surface area contributed by atoms with Gasteiger partial charge in [0.25, 0.3) is 0 Å². The molecule has 0 unspecified atom stereocenters. The summed E-state index contributed by atoms with van der Waals surface area (Å²) in [7, 11) is 1.58. The van der Waals surface area contributed by atoms with Crippen LogP contribution in [0, 0.1) is 0 Å². The van der Waals surface area contributed by atoms with Crippen LogP contribution in [-0.4, -0.2) is 19.8 Å². The van der Waals surface area contributed by atoms with Crippen LogP contribution in [0.2, 0.25) is 5.02 Å². The Hall–Kier alpha value is -1.51. The largest absolute Gasteiger partial charge is 0.493 e. The van der Waals surface area contributed by atoms with Gasteiger partial charge in [0, 0.05) is 5.56 Å². The number of ether oxygens (including phenoxy) is 2. The van der Waals surface area contributed by atoms with Crippen molar-refractivity contribution >= 4 is 17.7 Å². The molecule has 0 amide bonds. The summed E-state index contributed by atoms with van der Waals surface area (Å²) in [5.41, 5.74) is 0.141. The fraction of sp³-hybridized carbons (Fsp3) is 0.500. The van der Waals surface area contributed by atoms with Crippen molar-refractivity contribution in [1.29, 1.82) is 0 Å². The minimum atomic E-state index is -0.599.